The van der Waals surface area contributed by atoms with Crippen LogP contribution >= 0.6 is 11.3 Å². The molecule has 1 aromatic carbocycles. The van der Waals surface area contributed by atoms with Gasteiger partial charge in [-0.25, -0.2) is 0 Å². The molecule has 0 spiro atoms. The molecule has 2 rings (SSSR count). The molecule has 0 saturated heterocycles. The molecule has 4 nitrogen and oxygen atoms in total. The Bertz CT molecular complexity index is 581. The number of aryl methyl sites for hydroxylation is 1. The third-order valence-electron chi connectivity index (χ3n) is 3.16. The van der Waals surface area contributed by atoms with Crippen molar-refractivity contribution in [3.8, 4) is 0 Å². The molecule has 0 aliphatic heterocycles. The number of carbonyl (C=O) groups is 1. The Morgan fingerprint density at radius 3 is 2.80 bits per heavy atom. The highest BCUT2D eigenvalue weighted by molar-refractivity contribution is 7.09. The van der Waals surface area contributed by atoms with Crippen molar-refractivity contribution < 1.29 is 4.79 Å². The Morgan fingerprint density at radius 1 is 1.40 bits per heavy atom. The number of nitrogen functional groups attached to an aromatic ring is 1. The number of thiophene rings is 1. The Morgan fingerprint density at radius 2 is 2.20 bits per heavy atom. The van der Waals surface area contributed by atoms with Gasteiger partial charge in [-0.15, -0.1) is 11.3 Å². The highest BCUT2D eigenvalue weighted by Crippen LogP contribution is 2.20. The monoisotopic (exact) mass is 289 g/mol. The number of hydrogen-bond donors (Lipinski definition) is 2. The molecule has 1 aromatic heterocycles. The van der Waals surface area contributed by atoms with Gasteiger partial charge in [-0.2, -0.15) is 0 Å². The van der Waals surface area contributed by atoms with Crippen molar-refractivity contribution in [3.05, 3.63) is 51.7 Å². The van der Waals surface area contributed by atoms with E-state index in [1.165, 1.54) is 4.88 Å². The van der Waals surface area contributed by atoms with E-state index < -0.39 is 0 Å². The molecule has 2 aromatic rings. The summed E-state index contributed by atoms with van der Waals surface area (Å²) in [7, 11) is 0. The predicted octanol–water partition coefficient (Wildman–Crippen LogP) is 3.00. The number of amides is 1. The van der Waals surface area contributed by atoms with E-state index in [0.29, 0.717) is 24.3 Å². The van der Waals surface area contributed by atoms with Gasteiger partial charge in [0.15, 0.2) is 0 Å². The van der Waals surface area contributed by atoms with Crippen molar-refractivity contribution in [2.45, 2.75) is 20.4 Å². The van der Waals surface area contributed by atoms with Gasteiger partial charge in [0.2, 0.25) is 0 Å². The van der Waals surface area contributed by atoms with Crippen molar-refractivity contribution in [2.75, 3.05) is 12.0 Å². The van der Waals surface area contributed by atoms with Crippen LogP contribution in [-0.2, 0) is 6.54 Å². The van der Waals surface area contributed by atoms with Crippen LogP contribution in [0.2, 0.25) is 0 Å². The van der Waals surface area contributed by atoms with Gasteiger partial charge in [-0.05, 0) is 37.4 Å². The third kappa shape index (κ3) is 3.18. The van der Waals surface area contributed by atoms with Gasteiger partial charge in [0.05, 0.1) is 17.8 Å². The summed E-state index contributed by atoms with van der Waals surface area (Å²) in [6.07, 6.45) is 0. The Labute approximate surface area is 123 Å². The summed E-state index contributed by atoms with van der Waals surface area (Å²) in [6, 6.07) is 9.68. The lowest BCUT2D eigenvalue weighted by Crippen LogP contribution is -2.31. The summed E-state index contributed by atoms with van der Waals surface area (Å²) < 4.78 is 0. The minimum atomic E-state index is -0.00227. The van der Waals surface area contributed by atoms with Crippen LogP contribution < -0.4 is 11.3 Å². The largest absolute Gasteiger partial charge is 0.334 e. The zero-order valence-electron chi connectivity index (χ0n) is 11.7. The second-order valence-corrected chi connectivity index (χ2v) is 5.62. The van der Waals surface area contributed by atoms with E-state index in [1.54, 1.807) is 11.3 Å². The molecule has 0 radical (unpaired) electrons. The molecule has 1 amide bonds. The molecule has 5 heteroatoms. The van der Waals surface area contributed by atoms with Gasteiger partial charge in [0.25, 0.3) is 5.91 Å². The average Bonchev–Trinajstić information content (AvgIpc) is 2.97. The predicted molar refractivity (Wildman–Crippen MR) is 83.7 cm³/mol. The molecule has 0 aliphatic carbocycles. The van der Waals surface area contributed by atoms with Crippen LogP contribution in [0.15, 0.2) is 35.7 Å². The summed E-state index contributed by atoms with van der Waals surface area (Å²) in [5.41, 5.74) is 4.91. The minimum absolute atomic E-state index is 0.00227. The standard InChI is InChI=1S/C15H19N3OS/c1-3-18(10-12-5-4-8-20-12)15(19)13-9-11(2)6-7-14(13)17-16/h4-9,17H,3,10,16H2,1-2H3. The molecule has 0 unspecified atom stereocenters. The molecule has 1 heterocycles. The number of benzene rings is 1. The smallest absolute Gasteiger partial charge is 0.256 e. The first-order valence-corrected chi connectivity index (χ1v) is 7.42. The van der Waals surface area contributed by atoms with E-state index >= 15 is 0 Å². The number of carbonyl (C=O) groups excluding carboxylic acids is 1. The van der Waals surface area contributed by atoms with Crippen LogP contribution in [0.4, 0.5) is 5.69 Å². The molecule has 0 fully saturated rings. The summed E-state index contributed by atoms with van der Waals surface area (Å²) in [6.45, 7) is 5.24. The van der Waals surface area contributed by atoms with Crippen LogP contribution in [0.25, 0.3) is 0 Å². The molecule has 3 N–H and O–H groups in total. The van der Waals surface area contributed by atoms with Gasteiger partial charge in [0, 0.05) is 11.4 Å². The van der Waals surface area contributed by atoms with Crippen LogP contribution in [0.3, 0.4) is 0 Å². The van der Waals surface area contributed by atoms with Crippen LogP contribution in [0, 0.1) is 6.92 Å². The number of rotatable bonds is 5. The van der Waals surface area contributed by atoms with Crippen LogP contribution in [-0.4, -0.2) is 17.4 Å². The van der Waals surface area contributed by atoms with E-state index in [4.69, 9.17) is 5.84 Å². The number of anilines is 1. The van der Waals surface area contributed by atoms with Crippen LogP contribution in [0.1, 0.15) is 27.7 Å². The van der Waals surface area contributed by atoms with Gasteiger partial charge < -0.3 is 10.3 Å². The minimum Gasteiger partial charge on any atom is -0.334 e. The van der Waals surface area contributed by atoms with E-state index in [9.17, 15) is 4.79 Å². The van der Waals surface area contributed by atoms with Gasteiger partial charge >= 0.3 is 0 Å². The van der Waals surface area contributed by atoms with Gasteiger partial charge in [-0.3, -0.25) is 10.6 Å². The van der Waals surface area contributed by atoms with Crippen molar-refractivity contribution in [1.29, 1.82) is 0 Å². The van der Waals surface area contributed by atoms with Crippen molar-refractivity contribution in [1.82, 2.24) is 4.90 Å². The second kappa shape index (κ2) is 6.54. The number of nitrogens with one attached hydrogen (secondary N) is 1. The van der Waals surface area contributed by atoms with E-state index in [0.717, 1.165) is 5.56 Å². The first-order chi connectivity index (χ1) is 9.65. The molecule has 0 aliphatic rings. The summed E-state index contributed by atoms with van der Waals surface area (Å²) in [5, 5.41) is 2.02. The van der Waals surface area contributed by atoms with E-state index in [1.807, 2.05) is 54.5 Å². The summed E-state index contributed by atoms with van der Waals surface area (Å²) in [4.78, 5) is 15.7. The first kappa shape index (κ1) is 14.6. The fourth-order valence-corrected chi connectivity index (χ4v) is 2.77. The van der Waals surface area contributed by atoms with Crippen molar-refractivity contribution in [3.63, 3.8) is 0 Å². The van der Waals surface area contributed by atoms with Crippen molar-refractivity contribution >= 4 is 22.9 Å². The quantitative estimate of drug-likeness (QED) is 0.657. The maximum atomic E-state index is 12.7. The number of hydrogen-bond acceptors (Lipinski definition) is 4. The molecule has 0 bridgehead atoms. The Hall–Kier alpha value is -1.85. The van der Waals surface area contributed by atoms with Crippen LogP contribution in [0.5, 0.6) is 0 Å². The number of nitrogens with two attached hydrogens (primary N) is 1. The molecule has 20 heavy (non-hydrogen) atoms. The molecular formula is C15H19N3OS. The molecule has 0 saturated carbocycles. The Balaban J connectivity index is 2.26. The van der Waals surface area contributed by atoms with Gasteiger partial charge in [-0.1, -0.05) is 17.7 Å². The maximum Gasteiger partial charge on any atom is 0.256 e. The zero-order chi connectivity index (χ0) is 14.5. The summed E-state index contributed by atoms with van der Waals surface area (Å²) >= 11 is 1.66. The zero-order valence-corrected chi connectivity index (χ0v) is 12.5. The van der Waals surface area contributed by atoms with Crippen molar-refractivity contribution in [2.24, 2.45) is 5.84 Å². The fourth-order valence-electron chi connectivity index (χ4n) is 2.05. The lowest BCUT2D eigenvalue weighted by atomic mass is 10.1. The van der Waals surface area contributed by atoms with E-state index in [2.05, 4.69) is 5.43 Å². The molecule has 106 valence electrons. The Kier molecular flexibility index (Phi) is 4.76. The highest BCUT2D eigenvalue weighted by Gasteiger charge is 2.18. The topological polar surface area (TPSA) is 58.4 Å². The average molecular weight is 289 g/mol. The highest BCUT2D eigenvalue weighted by atomic mass is 32.1. The van der Waals surface area contributed by atoms with Gasteiger partial charge in [0.1, 0.15) is 0 Å². The third-order valence-corrected chi connectivity index (χ3v) is 4.02. The fraction of sp³-hybridized carbons (Fsp3) is 0.267. The second-order valence-electron chi connectivity index (χ2n) is 4.59. The lowest BCUT2D eigenvalue weighted by Gasteiger charge is -2.22. The number of nitrogens with zero attached hydrogens (tertiary/aromatic N) is 1. The summed E-state index contributed by atoms with van der Waals surface area (Å²) in [5.74, 6) is 5.50. The lowest BCUT2D eigenvalue weighted by molar-refractivity contribution is 0.0755. The number of hydrazine groups is 1. The molecule has 0 atom stereocenters. The first-order valence-electron chi connectivity index (χ1n) is 6.54. The SMILES string of the molecule is CCN(Cc1cccs1)C(=O)c1cc(C)ccc1NN. The van der Waals surface area contributed by atoms with E-state index in [-0.39, 0.29) is 5.91 Å². The molecular weight excluding hydrogens is 270 g/mol. The maximum absolute atomic E-state index is 12.7. The normalized spacial score (nSPS) is 10.3.